The molecule has 1 aromatic heterocycles. The molecular weight excluding hydrogens is 378 g/mol. The molecule has 7 nitrogen and oxygen atoms in total. The second-order valence-electron chi connectivity index (χ2n) is 6.07. The molecule has 1 fully saturated rings. The van der Waals surface area contributed by atoms with E-state index in [2.05, 4.69) is 15.5 Å². The lowest BCUT2D eigenvalue weighted by atomic mass is 9.92. The van der Waals surface area contributed by atoms with Gasteiger partial charge in [0, 0.05) is 23.4 Å². The van der Waals surface area contributed by atoms with Gasteiger partial charge in [-0.15, -0.1) is 0 Å². The van der Waals surface area contributed by atoms with Gasteiger partial charge in [0.1, 0.15) is 5.54 Å². The van der Waals surface area contributed by atoms with Crippen molar-refractivity contribution in [3.63, 3.8) is 0 Å². The topological polar surface area (TPSA) is 105 Å². The van der Waals surface area contributed by atoms with Gasteiger partial charge < -0.3 is 14.9 Å². The Hall–Kier alpha value is -2.06. The standard InChI is InChI=1S/C17H18ClN3O4S/c18-12-3-1-11(2-4-12)15-19-14(25-21-15)6-5-13(22)20-17(16(23)24)7-9-26-10-8-17/h1-4H,5-10H2,(H,20,22)(H,23,24). The normalized spacial score (nSPS) is 16.2. The summed E-state index contributed by atoms with van der Waals surface area (Å²) in [4.78, 5) is 28.1. The third-order valence-corrected chi connectivity index (χ3v) is 5.51. The van der Waals surface area contributed by atoms with Gasteiger partial charge >= 0.3 is 5.97 Å². The highest BCUT2D eigenvalue weighted by Gasteiger charge is 2.41. The summed E-state index contributed by atoms with van der Waals surface area (Å²) in [5.41, 5.74) is -0.399. The van der Waals surface area contributed by atoms with Gasteiger partial charge in [-0.3, -0.25) is 4.79 Å². The van der Waals surface area contributed by atoms with Crippen molar-refractivity contribution in [3.05, 3.63) is 35.2 Å². The zero-order valence-corrected chi connectivity index (χ0v) is 15.5. The third kappa shape index (κ3) is 4.37. The molecule has 0 atom stereocenters. The van der Waals surface area contributed by atoms with Crippen molar-refractivity contribution in [2.45, 2.75) is 31.2 Å². The van der Waals surface area contributed by atoms with E-state index in [9.17, 15) is 14.7 Å². The number of benzene rings is 1. The number of carboxylic acids is 1. The number of aliphatic carboxylic acids is 1. The van der Waals surface area contributed by atoms with Crippen LogP contribution in [-0.2, 0) is 16.0 Å². The lowest BCUT2D eigenvalue weighted by Gasteiger charge is -2.33. The molecular formula is C17H18ClN3O4S. The molecule has 0 radical (unpaired) electrons. The molecule has 0 saturated carbocycles. The molecule has 138 valence electrons. The van der Waals surface area contributed by atoms with Crippen LogP contribution in [0.25, 0.3) is 11.4 Å². The minimum absolute atomic E-state index is 0.0877. The minimum atomic E-state index is -1.16. The lowest BCUT2D eigenvalue weighted by molar-refractivity contribution is -0.148. The molecule has 0 unspecified atom stereocenters. The molecule has 0 aliphatic carbocycles. The Morgan fingerprint density at radius 2 is 1.96 bits per heavy atom. The van der Waals surface area contributed by atoms with Crippen LogP contribution < -0.4 is 5.32 Å². The fraction of sp³-hybridized carbons (Fsp3) is 0.412. The summed E-state index contributed by atoms with van der Waals surface area (Å²) in [6.07, 6.45) is 1.20. The highest BCUT2D eigenvalue weighted by molar-refractivity contribution is 7.99. The Bertz CT molecular complexity index is 788. The zero-order chi connectivity index (χ0) is 18.6. The lowest BCUT2D eigenvalue weighted by Crippen LogP contribution is -2.56. The van der Waals surface area contributed by atoms with Crippen molar-refractivity contribution < 1.29 is 19.2 Å². The van der Waals surface area contributed by atoms with Crippen LogP contribution >= 0.6 is 23.4 Å². The number of nitrogens with zero attached hydrogens (tertiary/aromatic N) is 2. The van der Waals surface area contributed by atoms with E-state index in [0.717, 1.165) is 17.1 Å². The maximum absolute atomic E-state index is 12.2. The number of carbonyl (C=O) groups is 2. The Morgan fingerprint density at radius 3 is 2.62 bits per heavy atom. The van der Waals surface area contributed by atoms with Crippen LogP contribution in [0.4, 0.5) is 0 Å². The van der Waals surface area contributed by atoms with E-state index in [4.69, 9.17) is 16.1 Å². The Morgan fingerprint density at radius 1 is 1.27 bits per heavy atom. The molecule has 1 aliphatic heterocycles. The average Bonchev–Trinajstić information content (AvgIpc) is 3.10. The summed E-state index contributed by atoms with van der Waals surface area (Å²) < 4.78 is 5.17. The van der Waals surface area contributed by atoms with Gasteiger partial charge in [-0.05, 0) is 48.6 Å². The van der Waals surface area contributed by atoms with Gasteiger partial charge in [0.15, 0.2) is 0 Å². The fourth-order valence-corrected chi connectivity index (χ4v) is 4.05. The van der Waals surface area contributed by atoms with Gasteiger partial charge in [0.25, 0.3) is 0 Å². The van der Waals surface area contributed by atoms with Gasteiger partial charge in [-0.2, -0.15) is 16.7 Å². The van der Waals surface area contributed by atoms with Crippen LogP contribution in [0.3, 0.4) is 0 Å². The molecule has 1 saturated heterocycles. The molecule has 9 heteroatoms. The molecule has 0 spiro atoms. The summed E-state index contributed by atoms with van der Waals surface area (Å²) >= 11 is 7.55. The van der Waals surface area contributed by atoms with Gasteiger partial charge in [-0.25, -0.2) is 4.79 Å². The predicted octanol–water partition coefficient (Wildman–Crippen LogP) is 2.79. The van der Waals surface area contributed by atoms with E-state index in [1.165, 1.54) is 0 Å². The van der Waals surface area contributed by atoms with E-state index in [1.54, 1.807) is 36.0 Å². The molecule has 2 heterocycles. The number of thioether (sulfide) groups is 1. The Balaban J connectivity index is 1.58. The van der Waals surface area contributed by atoms with E-state index in [1.807, 2.05) is 0 Å². The molecule has 2 aromatic rings. The number of carbonyl (C=O) groups excluding carboxylic acids is 1. The molecule has 1 aliphatic rings. The number of hydrogen-bond donors (Lipinski definition) is 2. The molecule has 0 bridgehead atoms. The predicted molar refractivity (Wildman–Crippen MR) is 98.1 cm³/mol. The van der Waals surface area contributed by atoms with Crippen LogP contribution in [0.2, 0.25) is 5.02 Å². The minimum Gasteiger partial charge on any atom is -0.480 e. The maximum Gasteiger partial charge on any atom is 0.329 e. The van der Waals surface area contributed by atoms with Crippen molar-refractivity contribution >= 4 is 35.2 Å². The van der Waals surface area contributed by atoms with Crippen LogP contribution in [0.1, 0.15) is 25.2 Å². The molecule has 3 rings (SSSR count). The second kappa shape index (κ2) is 8.09. The van der Waals surface area contributed by atoms with Crippen molar-refractivity contribution in [2.75, 3.05) is 11.5 Å². The maximum atomic E-state index is 12.2. The highest BCUT2D eigenvalue weighted by Crippen LogP contribution is 2.27. The Kier molecular flexibility index (Phi) is 5.83. The van der Waals surface area contributed by atoms with Crippen LogP contribution in [0.5, 0.6) is 0 Å². The monoisotopic (exact) mass is 395 g/mol. The first kappa shape index (κ1) is 18.7. The van der Waals surface area contributed by atoms with E-state index in [0.29, 0.717) is 29.6 Å². The quantitative estimate of drug-likeness (QED) is 0.774. The van der Waals surface area contributed by atoms with Crippen LogP contribution in [0.15, 0.2) is 28.8 Å². The van der Waals surface area contributed by atoms with Crippen molar-refractivity contribution in [3.8, 4) is 11.4 Å². The summed E-state index contributed by atoms with van der Waals surface area (Å²) in [6.45, 7) is 0. The second-order valence-corrected chi connectivity index (χ2v) is 7.73. The number of hydrogen-bond acceptors (Lipinski definition) is 6. The molecule has 1 aromatic carbocycles. The largest absolute Gasteiger partial charge is 0.480 e. The van der Waals surface area contributed by atoms with Crippen molar-refractivity contribution in [1.29, 1.82) is 0 Å². The fourth-order valence-electron chi connectivity index (χ4n) is 2.73. The van der Waals surface area contributed by atoms with Crippen LogP contribution in [-0.4, -0.2) is 44.2 Å². The number of amides is 1. The first-order chi connectivity index (χ1) is 12.5. The smallest absolute Gasteiger partial charge is 0.329 e. The number of aryl methyl sites for hydroxylation is 1. The molecule has 1 amide bonds. The summed E-state index contributed by atoms with van der Waals surface area (Å²) in [7, 11) is 0. The van der Waals surface area contributed by atoms with Gasteiger partial charge in [-0.1, -0.05) is 16.8 Å². The number of aromatic nitrogens is 2. The first-order valence-corrected chi connectivity index (χ1v) is 9.72. The van der Waals surface area contributed by atoms with E-state index < -0.39 is 11.5 Å². The molecule has 2 N–H and O–H groups in total. The van der Waals surface area contributed by atoms with Crippen LogP contribution in [0, 0.1) is 0 Å². The zero-order valence-electron chi connectivity index (χ0n) is 13.9. The molecule has 26 heavy (non-hydrogen) atoms. The summed E-state index contributed by atoms with van der Waals surface area (Å²) in [5.74, 6) is 0.887. The summed E-state index contributed by atoms with van der Waals surface area (Å²) in [5, 5.41) is 16.7. The van der Waals surface area contributed by atoms with E-state index >= 15 is 0 Å². The van der Waals surface area contributed by atoms with Crippen molar-refractivity contribution in [2.24, 2.45) is 0 Å². The van der Waals surface area contributed by atoms with E-state index in [-0.39, 0.29) is 18.7 Å². The Labute approximate surface area is 159 Å². The first-order valence-electron chi connectivity index (χ1n) is 8.19. The third-order valence-electron chi connectivity index (χ3n) is 4.27. The number of carboxylic acid groups (broad SMARTS) is 1. The number of halogens is 1. The average molecular weight is 396 g/mol. The summed E-state index contributed by atoms with van der Waals surface area (Å²) in [6, 6.07) is 7.02. The van der Waals surface area contributed by atoms with Gasteiger partial charge in [0.2, 0.25) is 17.6 Å². The van der Waals surface area contributed by atoms with Gasteiger partial charge in [0.05, 0.1) is 0 Å². The number of rotatable bonds is 6. The SMILES string of the molecule is O=C(CCc1nc(-c2ccc(Cl)cc2)no1)NC1(C(=O)O)CCSCC1. The number of nitrogens with one attached hydrogen (secondary N) is 1. The highest BCUT2D eigenvalue weighted by atomic mass is 35.5. The van der Waals surface area contributed by atoms with Crippen molar-refractivity contribution in [1.82, 2.24) is 15.5 Å².